The molecule has 0 aliphatic carbocycles. The SMILES string of the molecule is C/C(=C\CC/C=C/COC1CCCCO1)[C@@H]1C=C(OC(=O)C(C)(C)C)C(C)(C)O1. The van der Waals surface area contributed by atoms with Crippen molar-refractivity contribution in [1.29, 1.82) is 0 Å². The second-order valence-electron chi connectivity index (χ2n) is 9.35. The van der Waals surface area contributed by atoms with Gasteiger partial charge in [-0.25, -0.2) is 0 Å². The fourth-order valence-electron chi connectivity index (χ4n) is 3.10. The minimum Gasteiger partial charge on any atom is -0.428 e. The summed E-state index contributed by atoms with van der Waals surface area (Å²) >= 11 is 0. The Morgan fingerprint density at radius 2 is 2.00 bits per heavy atom. The normalized spacial score (nSPS) is 25.3. The van der Waals surface area contributed by atoms with Crippen molar-refractivity contribution in [2.24, 2.45) is 5.41 Å². The molecule has 0 aromatic heterocycles. The van der Waals surface area contributed by atoms with Gasteiger partial charge in [-0.3, -0.25) is 4.79 Å². The van der Waals surface area contributed by atoms with Gasteiger partial charge in [0.05, 0.1) is 12.0 Å². The highest BCUT2D eigenvalue weighted by atomic mass is 16.7. The lowest BCUT2D eigenvalue weighted by molar-refractivity contribution is -0.155. The molecule has 0 saturated carbocycles. The molecule has 1 fully saturated rings. The number of rotatable bonds is 8. The van der Waals surface area contributed by atoms with Gasteiger partial charge in [0, 0.05) is 6.61 Å². The maximum absolute atomic E-state index is 12.2. The fourth-order valence-corrected chi connectivity index (χ4v) is 3.10. The van der Waals surface area contributed by atoms with Crippen molar-refractivity contribution in [3.8, 4) is 0 Å². The highest BCUT2D eigenvalue weighted by Crippen LogP contribution is 2.35. The highest BCUT2D eigenvalue weighted by Gasteiger charge is 2.39. The molecule has 2 atom stereocenters. The van der Waals surface area contributed by atoms with Crippen molar-refractivity contribution in [3.05, 3.63) is 35.6 Å². The summed E-state index contributed by atoms with van der Waals surface area (Å²) in [5.41, 5.74) is -0.0295. The molecule has 1 unspecified atom stereocenters. The van der Waals surface area contributed by atoms with Gasteiger partial charge in [0.1, 0.15) is 17.5 Å². The molecule has 0 bridgehead atoms. The third kappa shape index (κ3) is 7.72. The van der Waals surface area contributed by atoms with Gasteiger partial charge < -0.3 is 18.9 Å². The van der Waals surface area contributed by atoms with Crippen molar-refractivity contribution in [2.75, 3.05) is 13.2 Å². The molecule has 2 aliphatic rings. The van der Waals surface area contributed by atoms with Crippen LogP contribution >= 0.6 is 0 Å². The number of hydrogen-bond acceptors (Lipinski definition) is 5. The lowest BCUT2D eigenvalue weighted by Crippen LogP contribution is -2.30. The average Bonchev–Trinajstić information content (AvgIpc) is 2.95. The number of carbonyl (C=O) groups excluding carboxylic acids is 1. The van der Waals surface area contributed by atoms with Crippen LogP contribution in [0.3, 0.4) is 0 Å². The van der Waals surface area contributed by atoms with E-state index in [1.165, 1.54) is 6.42 Å². The second-order valence-corrected chi connectivity index (χ2v) is 9.35. The summed E-state index contributed by atoms with van der Waals surface area (Å²) in [6.45, 7) is 12.9. The van der Waals surface area contributed by atoms with Crippen LogP contribution in [0.1, 0.15) is 73.6 Å². The van der Waals surface area contributed by atoms with E-state index in [9.17, 15) is 4.79 Å². The maximum Gasteiger partial charge on any atom is 0.316 e. The molecule has 0 amide bonds. The van der Waals surface area contributed by atoms with E-state index < -0.39 is 11.0 Å². The Balaban J connectivity index is 1.77. The highest BCUT2D eigenvalue weighted by molar-refractivity contribution is 5.76. The predicted octanol–water partition coefficient (Wildman–Crippen LogP) is 5.46. The molecule has 5 heteroatoms. The van der Waals surface area contributed by atoms with Crippen molar-refractivity contribution < 1.29 is 23.7 Å². The lowest BCUT2D eigenvalue weighted by Gasteiger charge is -2.25. The van der Waals surface area contributed by atoms with Gasteiger partial charge in [0.2, 0.25) is 0 Å². The van der Waals surface area contributed by atoms with Gasteiger partial charge in [0.25, 0.3) is 0 Å². The van der Waals surface area contributed by atoms with Crippen LogP contribution in [0.2, 0.25) is 0 Å². The van der Waals surface area contributed by atoms with E-state index in [-0.39, 0.29) is 18.4 Å². The van der Waals surface area contributed by atoms with Crippen LogP contribution in [0.5, 0.6) is 0 Å². The number of carbonyl (C=O) groups is 1. The fraction of sp³-hybridized carbons (Fsp3) is 0.708. The molecule has 2 aliphatic heterocycles. The molecule has 29 heavy (non-hydrogen) atoms. The summed E-state index contributed by atoms with van der Waals surface area (Å²) in [6.07, 6.45) is 13.3. The number of allylic oxidation sites excluding steroid dienone is 2. The zero-order chi connectivity index (χ0) is 21.5. The molecule has 0 N–H and O–H groups in total. The van der Waals surface area contributed by atoms with E-state index in [2.05, 4.69) is 25.2 Å². The first kappa shape index (κ1) is 23.8. The van der Waals surface area contributed by atoms with Crippen LogP contribution in [-0.4, -0.2) is 37.2 Å². The largest absolute Gasteiger partial charge is 0.428 e. The first-order chi connectivity index (χ1) is 13.6. The predicted molar refractivity (Wildman–Crippen MR) is 114 cm³/mol. The Hall–Kier alpha value is -1.43. The van der Waals surface area contributed by atoms with E-state index in [0.717, 1.165) is 37.9 Å². The lowest BCUT2D eigenvalue weighted by atomic mass is 9.97. The summed E-state index contributed by atoms with van der Waals surface area (Å²) in [4.78, 5) is 12.2. The smallest absolute Gasteiger partial charge is 0.316 e. The zero-order valence-electron chi connectivity index (χ0n) is 19.0. The van der Waals surface area contributed by atoms with Crippen LogP contribution in [0.25, 0.3) is 0 Å². The molecule has 164 valence electrons. The molecule has 0 aromatic carbocycles. The standard InChI is InChI=1S/C24H38O5/c1-18(13-9-7-8-11-15-26-21-14-10-12-16-27-21)19-17-20(24(5,6)29-19)28-22(25)23(2,3)4/h8,11,13,17,19,21H,7,9-10,12,14-16H2,1-6H3/b11-8+,18-13+/t19-,21?/m0/s1. The molecule has 0 radical (unpaired) electrons. The topological polar surface area (TPSA) is 54.0 Å². The molecule has 5 nitrogen and oxygen atoms in total. The van der Waals surface area contributed by atoms with Crippen LogP contribution < -0.4 is 0 Å². The van der Waals surface area contributed by atoms with Crippen molar-refractivity contribution >= 4 is 5.97 Å². The Kier molecular flexibility index (Phi) is 8.68. The van der Waals surface area contributed by atoms with E-state index in [4.69, 9.17) is 18.9 Å². The zero-order valence-corrected chi connectivity index (χ0v) is 19.0. The van der Waals surface area contributed by atoms with E-state index in [1.807, 2.05) is 40.7 Å². The summed E-state index contributed by atoms with van der Waals surface area (Å²) in [7, 11) is 0. The van der Waals surface area contributed by atoms with E-state index >= 15 is 0 Å². The molecule has 0 spiro atoms. The minimum atomic E-state index is -0.612. The molecule has 1 saturated heterocycles. The maximum atomic E-state index is 12.2. The Morgan fingerprint density at radius 1 is 1.24 bits per heavy atom. The summed E-state index contributed by atoms with van der Waals surface area (Å²) in [6, 6.07) is 0. The number of ether oxygens (including phenoxy) is 4. The quantitative estimate of drug-likeness (QED) is 0.304. The Labute approximate surface area is 176 Å². The molecular weight excluding hydrogens is 368 g/mol. The first-order valence-electron chi connectivity index (χ1n) is 10.8. The number of hydrogen-bond donors (Lipinski definition) is 0. The second kappa shape index (κ2) is 10.6. The summed E-state index contributed by atoms with van der Waals surface area (Å²) in [5.74, 6) is 0.353. The Morgan fingerprint density at radius 3 is 2.66 bits per heavy atom. The van der Waals surface area contributed by atoms with Crippen LogP contribution in [-0.2, 0) is 23.7 Å². The summed E-state index contributed by atoms with van der Waals surface area (Å²) < 4.78 is 23.0. The van der Waals surface area contributed by atoms with Gasteiger partial charge in [-0.2, -0.15) is 0 Å². The molecular formula is C24H38O5. The average molecular weight is 407 g/mol. The van der Waals surface area contributed by atoms with Crippen molar-refractivity contribution in [3.63, 3.8) is 0 Å². The third-order valence-electron chi connectivity index (χ3n) is 5.06. The van der Waals surface area contributed by atoms with Gasteiger partial charge in [-0.1, -0.05) is 18.2 Å². The first-order valence-corrected chi connectivity index (χ1v) is 10.8. The number of esters is 1. The van der Waals surface area contributed by atoms with Crippen LogP contribution in [0.15, 0.2) is 35.6 Å². The minimum absolute atomic E-state index is 0.0354. The van der Waals surface area contributed by atoms with Crippen molar-refractivity contribution in [1.82, 2.24) is 0 Å². The van der Waals surface area contributed by atoms with Gasteiger partial charge in [0.15, 0.2) is 6.29 Å². The van der Waals surface area contributed by atoms with E-state index in [0.29, 0.717) is 12.4 Å². The van der Waals surface area contributed by atoms with E-state index in [1.54, 1.807) is 0 Å². The molecule has 0 aromatic rings. The van der Waals surface area contributed by atoms with Gasteiger partial charge in [-0.15, -0.1) is 0 Å². The molecule has 2 rings (SSSR count). The van der Waals surface area contributed by atoms with Gasteiger partial charge in [-0.05, 0) is 85.3 Å². The monoisotopic (exact) mass is 406 g/mol. The van der Waals surface area contributed by atoms with Crippen molar-refractivity contribution in [2.45, 2.75) is 91.6 Å². The van der Waals surface area contributed by atoms with Crippen LogP contribution in [0.4, 0.5) is 0 Å². The third-order valence-corrected chi connectivity index (χ3v) is 5.06. The molecule has 2 heterocycles. The Bertz CT molecular complexity index is 630. The number of unbranched alkanes of at least 4 members (excludes halogenated alkanes) is 1. The van der Waals surface area contributed by atoms with Gasteiger partial charge >= 0.3 is 5.97 Å². The summed E-state index contributed by atoms with van der Waals surface area (Å²) in [5, 5.41) is 0. The van der Waals surface area contributed by atoms with Crippen LogP contribution in [0, 0.1) is 5.41 Å².